The van der Waals surface area contributed by atoms with Crippen molar-refractivity contribution in [2.45, 2.75) is 20.3 Å². The molecule has 0 saturated carbocycles. The van der Waals surface area contributed by atoms with Crippen molar-refractivity contribution in [3.05, 3.63) is 36.4 Å². The highest BCUT2D eigenvalue weighted by atomic mass is 16.7. The third kappa shape index (κ3) is 5.11. The number of carbonyl (C=O) groups is 1. The van der Waals surface area contributed by atoms with Crippen LogP contribution >= 0.6 is 0 Å². The van der Waals surface area contributed by atoms with Crippen LogP contribution in [0.5, 0.6) is 11.5 Å². The van der Waals surface area contributed by atoms with E-state index in [0.717, 1.165) is 12.0 Å². The van der Waals surface area contributed by atoms with Gasteiger partial charge in [-0.25, -0.2) is 5.06 Å². The second-order valence-corrected chi connectivity index (χ2v) is 4.27. The first kappa shape index (κ1) is 17.0. The Morgan fingerprint density at radius 1 is 1.33 bits per heavy atom. The molecule has 0 saturated heterocycles. The van der Waals surface area contributed by atoms with Gasteiger partial charge in [0.15, 0.2) is 18.1 Å². The summed E-state index contributed by atoms with van der Waals surface area (Å²) in [5, 5.41) is 1.29. The van der Waals surface area contributed by atoms with Crippen LogP contribution in [0.15, 0.2) is 30.9 Å². The Morgan fingerprint density at radius 3 is 2.67 bits per heavy atom. The zero-order valence-corrected chi connectivity index (χ0v) is 12.9. The van der Waals surface area contributed by atoms with Gasteiger partial charge in [0.2, 0.25) is 0 Å². The van der Waals surface area contributed by atoms with Crippen LogP contribution in [0.1, 0.15) is 19.4 Å². The van der Waals surface area contributed by atoms with Crippen molar-refractivity contribution in [2.75, 3.05) is 26.9 Å². The molecule has 0 N–H and O–H groups in total. The first-order valence-corrected chi connectivity index (χ1v) is 7.00. The quantitative estimate of drug-likeness (QED) is 0.519. The van der Waals surface area contributed by atoms with Gasteiger partial charge in [-0.15, -0.1) is 6.58 Å². The number of likely N-dealkylation sites (N-methyl/N-ethyl adjacent to an activating group) is 1. The second kappa shape index (κ2) is 9.02. The number of rotatable bonds is 9. The monoisotopic (exact) mass is 293 g/mol. The summed E-state index contributed by atoms with van der Waals surface area (Å²) in [5.74, 6) is 0.907. The molecule has 1 aromatic carbocycles. The molecule has 0 heterocycles. The van der Waals surface area contributed by atoms with E-state index in [2.05, 4.69) is 6.58 Å². The summed E-state index contributed by atoms with van der Waals surface area (Å²) in [6.07, 6.45) is 2.57. The minimum absolute atomic E-state index is 0.0923. The van der Waals surface area contributed by atoms with Gasteiger partial charge in [-0.3, -0.25) is 9.63 Å². The first-order chi connectivity index (χ1) is 10.2. The van der Waals surface area contributed by atoms with E-state index in [1.54, 1.807) is 13.2 Å². The van der Waals surface area contributed by atoms with E-state index >= 15 is 0 Å². The van der Waals surface area contributed by atoms with Crippen LogP contribution in [0, 0.1) is 0 Å². The molecule has 0 aliphatic carbocycles. The number of nitrogens with zero attached hydrogens (tertiary/aromatic N) is 1. The lowest BCUT2D eigenvalue weighted by molar-refractivity contribution is -0.185. The third-order valence-electron chi connectivity index (χ3n) is 2.81. The molecule has 0 spiro atoms. The van der Waals surface area contributed by atoms with Crippen LogP contribution in [0.3, 0.4) is 0 Å². The molecule has 1 rings (SSSR count). The van der Waals surface area contributed by atoms with E-state index in [9.17, 15) is 4.79 Å². The van der Waals surface area contributed by atoms with Crippen LogP contribution in [0.25, 0.3) is 0 Å². The van der Waals surface area contributed by atoms with Crippen molar-refractivity contribution in [3.63, 3.8) is 0 Å². The fraction of sp³-hybridized carbons (Fsp3) is 0.438. The molecule has 21 heavy (non-hydrogen) atoms. The van der Waals surface area contributed by atoms with Crippen LogP contribution < -0.4 is 9.47 Å². The number of allylic oxidation sites excluding steroid dienone is 1. The van der Waals surface area contributed by atoms with Gasteiger partial charge in [-0.2, -0.15) is 0 Å². The number of hydrogen-bond donors (Lipinski definition) is 0. The van der Waals surface area contributed by atoms with Crippen molar-refractivity contribution in [2.24, 2.45) is 0 Å². The van der Waals surface area contributed by atoms with Crippen LogP contribution in [0.4, 0.5) is 0 Å². The zero-order valence-electron chi connectivity index (χ0n) is 12.9. The van der Waals surface area contributed by atoms with E-state index in [1.165, 1.54) is 5.06 Å². The highest BCUT2D eigenvalue weighted by Gasteiger charge is 2.14. The van der Waals surface area contributed by atoms with E-state index in [0.29, 0.717) is 24.7 Å². The Balaban J connectivity index is 2.70. The third-order valence-corrected chi connectivity index (χ3v) is 2.81. The molecule has 5 heteroatoms. The summed E-state index contributed by atoms with van der Waals surface area (Å²) in [6, 6.07) is 5.59. The number of hydrogen-bond acceptors (Lipinski definition) is 4. The Hall–Kier alpha value is -2.01. The minimum Gasteiger partial charge on any atom is -0.493 e. The number of amides is 1. The predicted molar refractivity (Wildman–Crippen MR) is 81.4 cm³/mol. The highest BCUT2D eigenvalue weighted by molar-refractivity contribution is 5.76. The Kier molecular flexibility index (Phi) is 7.32. The smallest absolute Gasteiger partial charge is 0.283 e. The molecule has 116 valence electrons. The topological polar surface area (TPSA) is 48.0 Å². The van der Waals surface area contributed by atoms with E-state index in [-0.39, 0.29) is 12.5 Å². The average molecular weight is 293 g/mol. The fourth-order valence-corrected chi connectivity index (χ4v) is 1.83. The summed E-state index contributed by atoms with van der Waals surface area (Å²) in [4.78, 5) is 17.1. The van der Waals surface area contributed by atoms with Crippen LogP contribution in [-0.2, 0) is 16.1 Å². The van der Waals surface area contributed by atoms with E-state index in [1.807, 2.05) is 32.1 Å². The zero-order chi connectivity index (χ0) is 15.7. The maximum absolute atomic E-state index is 11.9. The van der Waals surface area contributed by atoms with Gasteiger partial charge in [0.05, 0.1) is 13.7 Å². The van der Waals surface area contributed by atoms with E-state index in [4.69, 9.17) is 14.3 Å². The molecule has 5 nitrogen and oxygen atoms in total. The second-order valence-electron chi connectivity index (χ2n) is 4.27. The van der Waals surface area contributed by atoms with Crippen molar-refractivity contribution < 1.29 is 19.1 Å². The maximum Gasteiger partial charge on any atom is 0.283 e. The average Bonchev–Trinajstić information content (AvgIpc) is 2.51. The largest absolute Gasteiger partial charge is 0.493 e. The Morgan fingerprint density at radius 2 is 2.10 bits per heavy atom. The van der Waals surface area contributed by atoms with Crippen molar-refractivity contribution in [1.82, 2.24) is 5.06 Å². The molecule has 0 aliphatic heterocycles. The summed E-state index contributed by atoms with van der Waals surface area (Å²) >= 11 is 0. The van der Waals surface area contributed by atoms with Gasteiger partial charge in [0, 0.05) is 6.54 Å². The molecule has 0 fully saturated rings. The summed E-state index contributed by atoms with van der Waals surface area (Å²) in [5.41, 5.74) is 1.07. The Bertz CT molecular complexity index is 473. The van der Waals surface area contributed by atoms with Crippen LogP contribution in [0.2, 0.25) is 0 Å². The van der Waals surface area contributed by atoms with E-state index < -0.39 is 0 Å². The normalized spacial score (nSPS) is 10.0. The number of methoxy groups -OCH3 is 1. The maximum atomic E-state index is 11.9. The van der Waals surface area contributed by atoms with Gasteiger partial charge < -0.3 is 9.47 Å². The van der Waals surface area contributed by atoms with Gasteiger partial charge in [-0.05, 0) is 38.0 Å². The fourth-order valence-electron chi connectivity index (χ4n) is 1.83. The lowest BCUT2D eigenvalue weighted by atomic mass is 10.1. The molecule has 0 aliphatic rings. The SMILES string of the molecule is C=CCc1ccc(OCC(=O)N(CC)OCC)c(OC)c1. The molecule has 0 atom stereocenters. The molecule has 0 unspecified atom stereocenters. The number of ether oxygens (including phenoxy) is 2. The minimum atomic E-state index is -0.225. The standard InChI is InChI=1S/C16H23NO4/c1-5-8-13-9-10-14(15(11-13)19-4)20-12-16(18)17(6-2)21-7-3/h5,9-11H,1,6-8,12H2,2-4H3. The van der Waals surface area contributed by atoms with Crippen molar-refractivity contribution in [3.8, 4) is 11.5 Å². The molecule has 0 radical (unpaired) electrons. The van der Waals surface area contributed by atoms with Gasteiger partial charge in [-0.1, -0.05) is 12.1 Å². The molecular weight excluding hydrogens is 270 g/mol. The molecule has 1 aromatic rings. The molecule has 0 bridgehead atoms. The Labute approximate surface area is 126 Å². The highest BCUT2D eigenvalue weighted by Crippen LogP contribution is 2.28. The molecule has 1 amide bonds. The van der Waals surface area contributed by atoms with Gasteiger partial charge in [0.1, 0.15) is 0 Å². The summed E-state index contributed by atoms with van der Waals surface area (Å²) in [7, 11) is 1.57. The van der Waals surface area contributed by atoms with Gasteiger partial charge in [0.25, 0.3) is 5.91 Å². The van der Waals surface area contributed by atoms with Crippen LogP contribution in [-0.4, -0.2) is 37.8 Å². The molecular formula is C16H23NO4. The summed E-state index contributed by atoms with van der Waals surface area (Å²) < 4.78 is 10.8. The number of hydroxylamine groups is 2. The lowest BCUT2D eigenvalue weighted by Crippen LogP contribution is -2.34. The number of carbonyl (C=O) groups excluding carboxylic acids is 1. The predicted octanol–water partition coefficient (Wildman–Crippen LogP) is 2.60. The summed E-state index contributed by atoms with van der Waals surface area (Å²) in [6.45, 7) is 8.21. The molecule has 0 aromatic heterocycles. The van der Waals surface area contributed by atoms with Crippen molar-refractivity contribution in [1.29, 1.82) is 0 Å². The van der Waals surface area contributed by atoms with Crippen molar-refractivity contribution >= 4 is 5.91 Å². The number of benzene rings is 1. The van der Waals surface area contributed by atoms with Gasteiger partial charge >= 0.3 is 0 Å². The lowest BCUT2D eigenvalue weighted by Gasteiger charge is -2.19. The first-order valence-electron chi connectivity index (χ1n) is 7.00.